The topological polar surface area (TPSA) is 82.6 Å². The molecule has 1 saturated heterocycles. The van der Waals surface area contributed by atoms with Gasteiger partial charge in [0.05, 0.1) is 11.3 Å². The van der Waals surface area contributed by atoms with Crippen molar-refractivity contribution in [1.82, 2.24) is 9.88 Å². The van der Waals surface area contributed by atoms with Crippen LogP contribution in [0.2, 0.25) is 0 Å². The van der Waals surface area contributed by atoms with E-state index < -0.39 is 5.66 Å². The standard InChI is InChI=1S/C22H24N4O3/c1-15-10-12-23-18(14-15)24-19(27)8-5-13-25-21(29)16-6-3-4-7-17(16)26-20(28)9-11-22(25,26)2/h3-4,6-7,10,12,14H,5,8-9,11,13H2,1-2H3,(H,23,24,27)/t22-/m0/s1. The van der Waals surface area contributed by atoms with Crippen molar-refractivity contribution in [2.45, 2.75) is 45.2 Å². The third kappa shape index (κ3) is 3.37. The number of nitrogens with zero attached hydrogens (tertiary/aromatic N) is 3. The molecule has 7 heteroatoms. The van der Waals surface area contributed by atoms with E-state index in [1.54, 1.807) is 28.1 Å². The summed E-state index contributed by atoms with van der Waals surface area (Å²) >= 11 is 0. The molecule has 4 rings (SSSR count). The normalized spacial score (nSPS) is 20.5. The molecule has 2 aliphatic rings. The third-order valence-electron chi connectivity index (χ3n) is 5.71. The molecule has 150 valence electrons. The summed E-state index contributed by atoms with van der Waals surface area (Å²) in [6.07, 6.45) is 3.43. The van der Waals surface area contributed by atoms with Gasteiger partial charge in [-0.3, -0.25) is 19.3 Å². The van der Waals surface area contributed by atoms with Crippen molar-refractivity contribution in [2.24, 2.45) is 0 Å². The van der Waals surface area contributed by atoms with Crippen molar-refractivity contribution in [3.8, 4) is 0 Å². The number of rotatable bonds is 5. The molecule has 0 bridgehead atoms. The zero-order valence-corrected chi connectivity index (χ0v) is 16.6. The highest BCUT2D eigenvalue weighted by molar-refractivity contribution is 6.10. The number of amides is 3. The van der Waals surface area contributed by atoms with Crippen LogP contribution in [-0.2, 0) is 9.59 Å². The van der Waals surface area contributed by atoms with Gasteiger partial charge in [0.2, 0.25) is 11.8 Å². The van der Waals surface area contributed by atoms with E-state index in [9.17, 15) is 14.4 Å². The van der Waals surface area contributed by atoms with Gasteiger partial charge in [-0.15, -0.1) is 0 Å². The lowest BCUT2D eigenvalue weighted by Crippen LogP contribution is -2.62. The minimum Gasteiger partial charge on any atom is -0.315 e. The highest BCUT2D eigenvalue weighted by Gasteiger charge is 2.52. The molecule has 1 aromatic heterocycles. The fraction of sp³-hybridized carbons (Fsp3) is 0.364. The van der Waals surface area contributed by atoms with Crippen LogP contribution in [0, 0.1) is 6.92 Å². The van der Waals surface area contributed by atoms with Gasteiger partial charge in [0, 0.05) is 25.6 Å². The fourth-order valence-corrected chi connectivity index (χ4v) is 4.25. The van der Waals surface area contributed by atoms with Gasteiger partial charge in [0.15, 0.2) is 0 Å². The number of carbonyl (C=O) groups excluding carboxylic acids is 3. The molecule has 0 saturated carbocycles. The Morgan fingerprint density at radius 2 is 2.03 bits per heavy atom. The maximum Gasteiger partial charge on any atom is 0.257 e. The van der Waals surface area contributed by atoms with Crippen LogP contribution in [-0.4, -0.2) is 39.8 Å². The number of fused-ring (bicyclic) bond motifs is 3. The van der Waals surface area contributed by atoms with E-state index in [1.165, 1.54) is 0 Å². The molecule has 7 nitrogen and oxygen atoms in total. The second-order valence-corrected chi connectivity index (χ2v) is 7.79. The molecule has 2 aromatic rings. The van der Waals surface area contributed by atoms with E-state index in [1.807, 2.05) is 38.1 Å². The maximum absolute atomic E-state index is 13.2. The van der Waals surface area contributed by atoms with Crippen molar-refractivity contribution in [2.75, 3.05) is 16.8 Å². The van der Waals surface area contributed by atoms with Crippen LogP contribution >= 0.6 is 0 Å². The van der Waals surface area contributed by atoms with Crippen molar-refractivity contribution in [3.63, 3.8) is 0 Å². The second kappa shape index (κ2) is 7.31. The first-order valence-corrected chi connectivity index (χ1v) is 9.87. The van der Waals surface area contributed by atoms with E-state index in [2.05, 4.69) is 10.3 Å². The number of nitrogens with one attached hydrogen (secondary N) is 1. The maximum atomic E-state index is 13.2. The van der Waals surface area contributed by atoms with Crippen molar-refractivity contribution < 1.29 is 14.4 Å². The molecule has 1 N–H and O–H groups in total. The van der Waals surface area contributed by atoms with Crippen molar-refractivity contribution >= 4 is 29.2 Å². The Kier molecular flexibility index (Phi) is 4.82. The summed E-state index contributed by atoms with van der Waals surface area (Å²) in [5, 5.41) is 2.79. The number of pyridine rings is 1. The minimum absolute atomic E-state index is 0.0284. The molecule has 29 heavy (non-hydrogen) atoms. The average molecular weight is 392 g/mol. The number of anilines is 2. The van der Waals surface area contributed by atoms with Crippen LogP contribution in [0.15, 0.2) is 42.6 Å². The summed E-state index contributed by atoms with van der Waals surface area (Å²) in [6, 6.07) is 10.9. The molecule has 0 unspecified atom stereocenters. The molecular weight excluding hydrogens is 368 g/mol. The molecule has 3 amide bonds. The van der Waals surface area contributed by atoms with Gasteiger partial charge in [0.1, 0.15) is 11.5 Å². The van der Waals surface area contributed by atoms with E-state index >= 15 is 0 Å². The lowest BCUT2D eigenvalue weighted by atomic mass is 9.98. The Bertz CT molecular complexity index is 990. The number of carbonyl (C=O) groups is 3. The first kappa shape index (κ1) is 19.1. The van der Waals surface area contributed by atoms with E-state index in [0.29, 0.717) is 42.9 Å². The molecule has 0 spiro atoms. The monoisotopic (exact) mass is 392 g/mol. The van der Waals surface area contributed by atoms with Crippen LogP contribution in [0.25, 0.3) is 0 Å². The Morgan fingerprint density at radius 1 is 1.24 bits per heavy atom. The molecule has 2 aliphatic heterocycles. The van der Waals surface area contributed by atoms with Crippen LogP contribution in [0.5, 0.6) is 0 Å². The van der Waals surface area contributed by atoms with E-state index in [0.717, 1.165) is 5.56 Å². The van der Waals surface area contributed by atoms with Crippen LogP contribution in [0.3, 0.4) is 0 Å². The van der Waals surface area contributed by atoms with Crippen LogP contribution in [0.4, 0.5) is 11.5 Å². The minimum atomic E-state index is -0.683. The highest BCUT2D eigenvalue weighted by atomic mass is 16.2. The van der Waals surface area contributed by atoms with Gasteiger partial charge in [-0.1, -0.05) is 12.1 Å². The number of hydrogen-bond acceptors (Lipinski definition) is 4. The molecule has 1 aromatic carbocycles. The average Bonchev–Trinajstić information content (AvgIpc) is 3.00. The second-order valence-electron chi connectivity index (χ2n) is 7.79. The first-order valence-electron chi connectivity index (χ1n) is 9.87. The number of benzene rings is 1. The van der Waals surface area contributed by atoms with E-state index in [4.69, 9.17) is 0 Å². The zero-order valence-electron chi connectivity index (χ0n) is 16.6. The third-order valence-corrected chi connectivity index (χ3v) is 5.71. The Labute approximate surface area is 169 Å². The summed E-state index contributed by atoms with van der Waals surface area (Å²) in [6.45, 7) is 4.27. The van der Waals surface area contributed by atoms with Crippen LogP contribution < -0.4 is 10.2 Å². The Hall–Kier alpha value is -3.22. The number of aryl methyl sites for hydroxylation is 1. The fourth-order valence-electron chi connectivity index (χ4n) is 4.25. The summed E-state index contributed by atoms with van der Waals surface area (Å²) in [4.78, 5) is 45.6. The molecule has 3 heterocycles. The Morgan fingerprint density at radius 3 is 2.83 bits per heavy atom. The molecule has 0 aliphatic carbocycles. The van der Waals surface area contributed by atoms with Gasteiger partial charge in [-0.25, -0.2) is 4.98 Å². The first-order chi connectivity index (χ1) is 13.9. The summed E-state index contributed by atoms with van der Waals surface area (Å²) < 4.78 is 0. The van der Waals surface area contributed by atoms with Crippen molar-refractivity contribution in [3.05, 3.63) is 53.7 Å². The van der Waals surface area contributed by atoms with Gasteiger partial charge >= 0.3 is 0 Å². The van der Waals surface area contributed by atoms with Gasteiger partial charge in [-0.05, 0) is 56.5 Å². The summed E-state index contributed by atoms with van der Waals surface area (Å²) in [7, 11) is 0. The number of hydrogen-bond donors (Lipinski definition) is 1. The molecular formula is C22H24N4O3. The number of aromatic nitrogens is 1. The smallest absolute Gasteiger partial charge is 0.257 e. The van der Waals surface area contributed by atoms with Gasteiger partial charge < -0.3 is 10.2 Å². The lowest BCUT2D eigenvalue weighted by molar-refractivity contribution is -0.118. The molecule has 1 atom stereocenters. The summed E-state index contributed by atoms with van der Waals surface area (Å²) in [5.41, 5.74) is 1.55. The quantitative estimate of drug-likeness (QED) is 0.848. The van der Waals surface area contributed by atoms with Crippen molar-refractivity contribution in [1.29, 1.82) is 0 Å². The SMILES string of the molecule is Cc1ccnc(NC(=O)CCCN2C(=O)c3ccccc3N3C(=O)CC[C@@]23C)c1. The van der Waals surface area contributed by atoms with Gasteiger partial charge in [-0.2, -0.15) is 0 Å². The van der Waals surface area contributed by atoms with E-state index in [-0.39, 0.29) is 24.1 Å². The van der Waals surface area contributed by atoms with Crippen LogP contribution in [0.1, 0.15) is 48.5 Å². The Balaban J connectivity index is 1.46. The molecule has 0 radical (unpaired) electrons. The lowest BCUT2D eigenvalue weighted by Gasteiger charge is -2.48. The predicted molar refractivity (Wildman–Crippen MR) is 109 cm³/mol. The molecule has 1 fully saturated rings. The highest BCUT2D eigenvalue weighted by Crippen LogP contribution is 2.43. The number of para-hydroxylation sites is 1. The largest absolute Gasteiger partial charge is 0.315 e. The predicted octanol–water partition coefficient (Wildman–Crippen LogP) is 3.11. The zero-order chi connectivity index (χ0) is 20.6. The summed E-state index contributed by atoms with van der Waals surface area (Å²) in [5.74, 6) is 0.325. The van der Waals surface area contributed by atoms with Gasteiger partial charge in [0.25, 0.3) is 5.91 Å².